The van der Waals surface area contributed by atoms with E-state index < -0.39 is 15.7 Å². The van der Waals surface area contributed by atoms with Crippen molar-refractivity contribution in [1.29, 1.82) is 0 Å². The van der Waals surface area contributed by atoms with Gasteiger partial charge in [-0.15, -0.1) is 0 Å². The lowest BCUT2D eigenvalue weighted by Gasteiger charge is -2.38. The second kappa shape index (κ2) is 7.25. The largest absolute Gasteiger partial charge is 0.295 e. The van der Waals surface area contributed by atoms with E-state index in [9.17, 15) is 22.0 Å². The number of Topliss-reactive ketones (excluding diaryl/α,β-unsaturated/α-hetero) is 1. The lowest BCUT2D eigenvalue weighted by atomic mass is 9.99. The van der Waals surface area contributed by atoms with Crippen LogP contribution in [0.1, 0.15) is 15.9 Å². The minimum absolute atomic E-state index is 0.0289. The molecule has 4 nitrogen and oxygen atoms in total. The molecule has 1 saturated heterocycles. The van der Waals surface area contributed by atoms with Crippen molar-refractivity contribution < 1.29 is 22.0 Å². The number of rotatable bonds is 6. The van der Waals surface area contributed by atoms with E-state index in [-0.39, 0.29) is 34.7 Å². The van der Waals surface area contributed by atoms with Gasteiger partial charge < -0.3 is 0 Å². The van der Waals surface area contributed by atoms with Crippen LogP contribution in [0.5, 0.6) is 0 Å². The Kier molecular flexibility index (Phi) is 5.20. The van der Waals surface area contributed by atoms with E-state index in [0.717, 1.165) is 12.1 Å². The molecule has 0 unspecified atom stereocenters. The number of likely N-dealkylation sites (tertiary alicyclic amines) is 1. The van der Waals surface area contributed by atoms with Gasteiger partial charge in [0.1, 0.15) is 11.6 Å². The molecule has 1 heterocycles. The Labute approximate surface area is 151 Å². The van der Waals surface area contributed by atoms with Crippen LogP contribution < -0.4 is 0 Å². The third kappa shape index (κ3) is 4.16. The molecule has 0 amide bonds. The minimum atomic E-state index is -3.47. The van der Waals surface area contributed by atoms with E-state index in [2.05, 4.69) is 0 Å². The van der Waals surface area contributed by atoms with Gasteiger partial charge in [0.25, 0.3) is 0 Å². The maximum Gasteiger partial charge on any atom is 0.178 e. The molecule has 2 aromatic rings. The standard InChI is InChI=1S/C19H19F2NO3S/c1-13-8-16(21)4-7-18(13)19(23)11-22-9-14(10-22)12-26(24,25)17-5-2-15(20)3-6-17/h2-8,14H,9-12H2,1H3. The molecule has 0 aliphatic carbocycles. The first-order chi connectivity index (χ1) is 12.2. The van der Waals surface area contributed by atoms with Crippen LogP contribution in [-0.2, 0) is 9.84 Å². The molecule has 0 atom stereocenters. The summed E-state index contributed by atoms with van der Waals surface area (Å²) in [6, 6.07) is 8.84. The highest BCUT2D eigenvalue weighted by atomic mass is 32.2. The molecular weight excluding hydrogens is 360 g/mol. The summed E-state index contributed by atoms with van der Waals surface area (Å²) in [5, 5.41) is 0. The monoisotopic (exact) mass is 379 g/mol. The first-order valence-electron chi connectivity index (χ1n) is 8.24. The van der Waals surface area contributed by atoms with Crippen LogP contribution in [0.15, 0.2) is 47.4 Å². The van der Waals surface area contributed by atoms with E-state index in [1.165, 1.54) is 30.3 Å². The highest BCUT2D eigenvalue weighted by Crippen LogP contribution is 2.22. The van der Waals surface area contributed by atoms with Gasteiger partial charge in [0.05, 0.1) is 17.2 Å². The number of hydrogen-bond acceptors (Lipinski definition) is 4. The average Bonchev–Trinajstić information content (AvgIpc) is 2.53. The number of nitrogens with zero attached hydrogens (tertiary/aromatic N) is 1. The summed E-state index contributed by atoms with van der Waals surface area (Å²) >= 11 is 0. The summed E-state index contributed by atoms with van der Waals surface area (Å²) in [6.45, 7) is 2.88. The second-order valence-electron chi connectivity index (χ2n) is 6.68. The quantitative estimate of drug-likeness (QED) is 0.572. The summed E-state index contributed by atoms with van der Waals surface area (Å²) in [6.07, 6.45) is 0. The van der Waals surface area contributed by atoms with E-state index in [0.29, 0.717) is 24.2 Å². The molecule has 0 spiro atoms. The molecule has 0 bridgehead atoms. The Bertz CT molecular complexity index is 920. The van der Waals surface area contributed by atoms with Gasteiger partial charge >= 0.3 is 0 Å². The zero-order chi connectivity index (χ0) is 18.9. The summed E-state index contributed by atoms with van der Waals surface area (Å²) < 4.78 is 50.7. The fourth-order valence-corrected chi connectivity index (χ4v) is 4.76. The lowest BCUT2D eigenvalue weighted by Crippen LogP contribution is -2.51. The Balaban J connectivity index is 1.54. The van der Waals surface area contributed by atoms with Gasteiger partial charge in [-0.25, -0.2) is 17.2 Å². The third-order valence-corrected chi connectivity index (χ3v) is 6.42. The van der Waals surface area contributed by atoms with Gasteiger partial charge in [0.15, 0.2) is 15.6 Å². The molecule has 2 aromatic carbocycles. The normalized spacial score (nSPS) is 15.7. The Morgan fingerprint density at radius 2 is 1.69 bits per heavy atom. The van der Waals surface area contributed by atoms with Crippen LogP contribution in [-0.4, -0.2) is 44.5 Å². The predicted molar refractivity (Wildman–Crippen MR) is 93.9 cm³/mol. The van der Waals surface area contributed by atoms with E-state index in [1.807, 2.05) is 4.90 Å². The molecule has 3 rings (SSSR count). The smallest absolute Gasteiger partial charge is 0.178 e. The Morgan fingerprint density at radius 1 is 1.08 bits per heavy atom. The molecule has 7 heteroatoms. The van der Waals surface area contributed by atoms with E-state index in [1.54, 1.807) is 6.92 Å². The molecule has 1 aliphatic rings. The van der Waals surface area contributed by atoms with Crippen molar-refractivity contribution in [3.63, 3.8) is 0 Å². The minimum Gasteiger partial charge on any atom is -0.295 e. The van der Waals surface area contributed by atoms with Crippen LogP contribution in [0, 0.1) is 24.5 Å². The maximum atomic E-state index is 13.1. The van der Waals surface area contributed by atoms with Crippen LogP contribution >= 0.6 is 0 Å². The van der Waals surface area contributed by atoms with Crippen LogP contribution in [0.25, 0.3) is 0 Å². The number of carbonyl (C=O) groups excluding carboxylic acids is 1. The SMILES string of the molecule is Cc1cc(F)ccc1C(=O)CN1CC(CS(=O)(=O)c2ccc(F)cc2)C1. The van der Waals surface area contributed by atoms with Crippen molar-refractivity contribution in [3.05, 3.63) is 65.2 Å². The molecule has 138 valence electrons. The fourth-order valence-electron chi connectivity index (χ4n) is 3.19. The van der Waals surface area contributed by atoms with Gasteiger partial charge in [-0.05, 0) is 60.9 Å². The second-order valence-corrected chi connectivity index (χ2v) is 8.71. The van der Waals surface area contributed by atoms with Gasteiger partial charge in [-0.3, -0.25) is 9.69 Å². The number of halogens is 2. The fraction of sp³-hybridized carbons (Fsp3) is 0.316. The van der Waals surface area contributed by atoms with Gasteiger partial charge in [-0.2, -0.15) is 0 Å². The van der Waals surface area contributed by atoms with Crippen molar-refractivity contribution >= 4 is 15.6 Å². The zero-order valence-corrected chi connectivity index (χ0v) is 15.1. The van der Waals surface area contributed by atoms with Crippen molar-refractivity contribution in [1.82, 2.24) is 4.90 Å². The van der Waals surface area contributed by atoms with Crippen molar-refractivity contribution in [2.75, 3.05) is 25.4 Å². The third-order valence-electron chi connectivity index (χ3n) is 4.52. The number of hydrogen-bond donors (Lipinski definition) is 0. The molecule has 0 aromatic heterocycles. The molecule has 0 radical (unpaired) electrons. The highest BCUT2D eigenvalue weighted by Gasteiger charge is 2.32. The van der Waals surface area contributed by atoms with Crippen molar-refractivity contribution in [2.45, 2.75) is 11.8 Å². The number of benzene rings is 2. The van der Waals surface area contributed by atoms with Crippen LogP contribution in [0.4, 0.5) is 8.78 Å². The van der Waals surface area contributed by atoms with E-state index >= 15 is 0 Å². The number of carbonyl (C=O) groups is 1. The van der Waals surface area contributed by atoms with Gasteiger partial charge in [0.2, 0.25) is 0 Å². The summed E-state index contributed by atoms with van der Waals surface area (Å²) in [5.74, 6) is -1.06. The van der Waals surface area contributed by atoms with Gasteiger partial charge in [-0.1, -0.05) is 0 Å². The first kappa shape index (κ1) is 18.7. The van der Waals surface area contributed by atoms with Crippen molar-refractivity contribution in [2.24, 2.45) is 5.92 Å². The zero-order valence-electron chi connectivity index (χ0n) is 14.3. The molecule has 0 saturated carbocycles. The van der Waals surface area contributed by atoms with Crippen LogP contribution in [0.2, 0.25) is 0 Å². The first-order valence-corrected chi connectivity index (χ1v) is 9.90. The Hall–Kier alpha value is -2.12. The molecular formula is C19H19F2NO3S. The van der Waals surface area contributed by atoms with Gasteiger partial charge in [0, 0.05) is 18.7 Å². The number of ketones is 1. The van der Waals surface area contributed by atoms with Crippen LogP contribution in [0.3, 0.4) is 0 Å². The molecule has 0 N–H and O–H groups in total. The number of aryl methyl sites for hydroxylation is 1. The Morgan fingerprint density at radius 3 is 2.31 bits per heavy atom. The topological polar surface area (TPSA) is 54.5 Å². The lowest BCUT2D eigenvalue weighted by molar-refractivity contribution is 0.0770. The van der Waals surface area contributed by atoms with Crippen molar-refractivity contribution in [3.8, 4) is 0 Å². The molecule has 26 heavy (non-hydrogen) atoms. The highest BCUT2D eigenvalue weighted by molar-refractivity contribution is 7.91. The maximum absolute atomic E-state index is 13.1. The molecule has 1 fully saturated rings. The average molecular weight is 379 g/mol. The summed E-state index contributed by atoms with van der Waals surface area (Å²) in [7, 11) is -3.47. The number of sulfone groups is 1. The van der Waals surface area contributed by atoms with E-state index in [4.69, 9.17) is 0 Å². The molecule has 1 aliphatic heterocycles. The predicted octanol–water partition coefficient (Wildman–Crippen LogP) is 2.86. The summed E-state index contributed by atoms with van der Waals surface area (Å²) in [5.41, 5.74) is 1.07. The summed E-state index contributed by atoms with van der Waals surface area (Å²) in [4.78, 5) is 14.3.